The van der Waals surface area contributed by atoms with Crippen molar-refractivity contribution in [3.05, 3.63) is 77.1 Å². The van der Waals surface area contributed by atoms with Gasteiger partial charge in [-0.3, -0.25) is 4.90 Å². The van der Waals surface area contributed by atoms with Crippen molar-refractivity contribution in [3.63, 3.8) is 0 Å². The minimum atomic E-state index is -4.33. The maximum Gasteiger partial charge on any atom is 0.416 e. The lowest BCUT2D eigenvalue weighted by Crippen LogP contribution is -2.46. The Labute approximate surface area is 183 Å². The number of rotatable bonds is 5. The highest BCUT2D eigenvalue weighted by Crippen LogP contribution is 2.30. The number of piperazine rings is 1. The number of nitrogens with zero attached hydrogens (tertiary/aromatic N) is 4. The van der Waals surface area contributed by atoms with Crippen LogP contribution < -0.4 is 9.64 Å². The molecule has 2 aromatic carbocycles. The molecule has 0 bridgehead atoms. The quantitative estimate of drug-likeness (QED) is 0.532. The fraction of sp³-hybridized carbons (Fsp3) is 0.273. The van der Waals surface area contributed by atoms with E-state index in [0.29, 0.717) is 54.9 Å². The van der Waals surface area contributed by atoms with Crippen LogP contribution in [0.5, 0.6) is 11.6 Å². The van der Waals surface area contributed by atoms with Crippen LogP contribution in [0.1, 0.15) is 11.1 Å². The molecule has 0 radical (unpaired) electrons. The van der Waals surface area contributed by atoms with Crippen LogP contribution in [0.3, 0.4) is 0 Å². The summed E-state index contributed by atoms with van der Waals surface area (Å²) < 4.78 is 44.5. The molecule has 5 nitrogen and oxygen atoms in total. The van der Waals surface area contributed by atoms with Crippen molar-refractivity contribution in [3.8, 4) is 11.6 Å². The van der Waals surface area contributed by atoms with Gasteiger partial charge in [-0.15, -0.1) is 0 Å². The predicted molar refractivity (Wildman–Crippen MR) is 112 cm³/mol. The fourth-order valence-corrected chi connectivity index (χ4v) is 3.55. The van der Waals surface area contributed by atoms with Crippen molar-refractivity contribution >= 4 is 17.4 Å². The number of hydrogen-bond donors (Lipinski definition) is 0. The summed E-state index contributed by atoms with van der Waals surface area (Å²) in [6, 6.07) is 14.3. The summed E-state index contributed by atoms with van der Waals surface area (Å²) in [5, 5.41) is 0.624. The van der Waals surface area contributed by atoms with E-state index in [1.165, 1.54) is 18.5 Å². The van der Waals surface area contributed by atoms with Crippen LogP contribution in [0.4, 0.5) is 19.0 Å². The Morgan fingerprint density at radius 2 is 1.68 bits per heavy atom. The smallest absolute Gasteiger partial charge is 0.416 e. The zero-order chi connectivity index (χ0) is 21.8. The van der Waals surface area contributed by atoms with Crippen molar-refractivity contribution < 1.29 is 17.9 Å². The highest BCUT2D eigenvalue weighted by Gasteiger charge is 2.30. The lowest BCUT2D eigenvalue weighted by molar-refractivity contribution is -0.137. The highest BCUT2D eigenvalue weighted by molar-refractivity contribution is 6.30. The maximum atomic E-state index is 12.9. The second-order valence-electron chi connectivity index (χ2n) is 7.23. The van der Waals surface area contributed by atoms with Crippen molar-refractivity contribution in [1.29, 1.82) is 0 Å². The SMILES string of the molecule is FC(F)(F)c1cccc(CN2CCN(c3cc(Oc4ccc(Cl)cc4)ncn3)CC2)c1. The van der Waals surface area contributed by atoms with Gasteiger partial charge < -0.3 is 9.64 Å². The molecule has 3 aromatic rings. The van der Waals surface area contributed by atoms with Gasteiger partial charge in [-0.05, 0) is 35.9 Å². The molecule has 0 unspecified atom stereocenters. The summed E-state index contributed by atoms with van der Waals surface area (Å²) in [6.45, 7) is 3.32. The third-order valence-electron chi connectivity index (χ3n) is 5.02. The van der Waals surface area contributed by atoms with Crippen LogP contribution >= 0.6 is 11.6 Å². The van der Waals surface area contributed by atoms with Gasteiger partial charge in [0, 0.05) is 43.8 Å². The number of alkyl halides is 3. The number of anilines is 1. The minimum absolute atomic E-state index is 0.429. The fourth-order valence-electron chi connectivity index (χ4n) is 3.42. The molecule has 2 heterocycles. The molecule has 1 aromatic heterocycles. The highest BCUT2D eigenvalue weighted by atomic mass is 35.5. The van der Waals surface area contributed by atoms with E-state index in [9.17, 15) is 13.2 Å². The second kappa shape index (κ2) is 9.11. The van der Waals surface area contributed by atoms with Crippen LogP contribution in [0, 0.1) is 0 Å². The first-order chi connectivity index (χ1) is 14.9. The Morgan fingerprint density at radius 3 is 2.39 bits per heavy atom. The van der Waals surface area contributed by atoms with Crippen LogP contribution in [0.25, 0.3) is 0 Å². The lowest BCUT2D eigenvalue weighted by atomic mass is 10.1. The number of halogens is 4. The average molecular weight is 449 g/mol. The van der Waals surface area contributed by atoms with Gasteiger partial charge >= 0.3 is 6.18 Å². The van der Waals surface area contributed by atoms with E-state index < -0.39 is 11.7 Å². The molecule has 4 rings (SSSR count). The molecule has 31 heavy (non-hydrogen) atoms. The van der Waals surface area contributed by atoms with Crippen molar-refractivity contribution in [2.24, 2.45) is 0 Å². The van der Waals surface area contributed by atoms with Gasteiger partial charge in [0.15, 0.2) is 0 Å². The topological polar surface area (TPSA) is 41.5 Å². The van der Waals surface area contributed by atoms with Gasteiger partial charge in [0.05, 0.1) is 5.56 Å². The first-order valence-corrected chi connectivity index (χ1v) is 10.1. The number of ether oxygens (including phenoxy) is 1. The van der Waals surface area contributed by atoms with E-state index in [2.05, 4.69) is 19.8 Å². The monoisotopic (exact) mass is 448 g/mol. The van der Waals surface area contributed by atoms with Gasteiger partial charge in [0.1, 0.15) is 17.9 Å². The standard InChI is InChI=1S/C22H20ClF3N4O/c23-18-4-6-19(7-5-18)31-21-13-20(27-15-28-21)30-10-8-29(9-11-30)14-16-2-1-3-17(12-16)22(24,25)26/h1-7,12-13,15H,8-11,14H2. The third-order valence-corrected chi connectivity index (χ3v) is 5.27. The Kier molecular flexibility index (Phi) is 6.29. The maximum absolute atomic E-state index is 12.9. The van der Waals surface area contributed by atoms with Crippen LogP contribution in [0.15, 0.2) is 60.9 Å². The second-order valence-corrected chi connectivity index (χ2v) is 7.67. The molecule has 0 spiro atoms. The van der Waals surface area contributed by atoms with Crippen molar-refractivity contribution in [1.82, 2.24) is 14.9 Å². The first kappa shape index (κ1) is 21.4. The summed E-state index contributed by atoms with van der Waals surface area (Å²) >= 11 is 5.89. The van der Waals surface area contributed by atoms with Gasteiger partial charge in [-0.2, -0.15) is 13.2 Å². The Morgan fingerprint density at radius 1 is 0.935 bits per heavy atom. The molecule has 0 atom stereocenters. The number of aromatic nitrogens is 2. The van der Waals surface area contributed by atoms with Gasteiger partial charge in [-0.25, -0.2) is 9.97 Å². The first-order valence-electron chi connectivity index (χ1n) is 9.76. The molecule has 0 N–H and O–H groups in total. The Bertz CT molecular complexity index is 1020. The molecule has 1 aliphatic heterocycles. The van der Waals surface area contributed by atoms with E-state index in [1.807, 2.05) is 0 Å². The molecule has 0 aliphatic carbocycles. The zero-order valence-corrected chi connectivity index (χ0v) is 17.3. The molecule has 162 valence electrons. The normalized spacial score (nSPS) is 15.2. The van der Waals surface area contributed by atoms with Crippen molar-refractivity contribution in [2.45, 2.75) is 12.7 Å². The minimum Gasteiger partial charge on any atom is -0.439 e. The van der Waals surface area contributed by atoms with Crippen LogP contribution in [-0.2, 0) is 12.7 Å². The molecule has 1 aliphatic rings. The van der Waals surface area contributed by atoms with E-state index in [4.69, 9.17) is 16.3 Å². The summed E-state index contributed by atoms with van der Waals surface area (Å²) in [5.74, 6) is 1.80. The van der Waals surface area contributed by atoms with Crippen LogP contribution in [-0.4, -0.2) is 41.0 Å². The van der Waals surface area contributed by atoms with Crippen molar-refractivity contribution in [2.75, 3.05) is 31.1 Å². The molecular weight excluding hydrogens is 429 g/mol. The molecule has 0 saturated carbocycles. The number of hydrogen-bond acceptors (Lipinski definition) is 5. The molecule has 1 saturated heterocycles. The van der Waals surface area contributed by atoms with E-state index in [0.717, 1.165) is 11.9 Å². The van der Waals surface area contributed by atoms with Gasteiger partial charge in [0.2, 0.25) is 5.88 Å². The Balaban J connectivity index is 1.35. The largest absolute Gasteiger partial charge is 0.439 e. The summed E-state index contributed by atoms with van der Waals surface area (Å²) in [6.07, 6.45) is -2.87. The Hall–Kier alpha value is -2.84. The summed E-state index contributed by atoms with van der Waals surface area (Å²) in [4.78, 5) is 12.7. The lowest BCUT2D eigenvalue weighted by Gasteiger charge is -2.35. The molecular formula is C22H20ClF3N4O. The summed E-state index contributed by atoms with van der Waals surface area (Å²) in [5.41, 5.74) is 0.0433. The van der Waals surface area contributed by atoms with Gasteiger partial charge in [-0.1, -0.05) is 29.8 Å². The molecule has 0 amide bonds. The van der Waals surface area contributed by atoms with E-state index in [-0.39, 0.29) is 0 Å². The zero-order valence-electron chi connectivity index (χ0n) is 16.5. The van der Waals surface area contributed by atoms with E-state index >= 15 is 0 Å². The van der Waals surface area contributed by atoms with Crippen LogP contribution in [0.2, 0.25) is 5.02 Å². The molecule has 1 fully saturated rings. The third kappa shape index (κ3) is 5.65. The van der Waals surface area contributed by atoms with Gasteiger partial charge in [0.25, 0.3) is 0 Å². The average Bonchev–Trinajstić information content (AvgIpc) is 2.76. The van der Waals surface area contributed by atoms with E-state index in [1.54, 1.807) is 36.4 Å². The summed E-state index contributed by atoms with van der Waals surface area (Å²) in [7, 11) is 0. The number of benzene rings is 2. The molecule has 9 heteroatoms. The predicted octanol–water partition coefficient (Wildman–Crippen LogP) is 5.26.